The highest BCUT2D eigenvalue weighted by atomic mass is 19.1. The highest BCUT2D eigenvalue weighted by molar-refractivity contribution is 5.86. The molecule has 0 spiro atoms. The van der Waals surface area contributed by atoms with Crippen LogP contribution in [-0.4, -0.2) is 24.0 Å². The van der Waals surface area contributed by atoms with E-state index in [4.69, 9.17) is 10.5 Å². The van der Waals surface area contributed by atoms with Crippen LogP contribution in [0.1, 0.15) is 25.8 Å². The molecule has 0 heterocycles. The molecule has 1 aromatic rings. The van der Waals surface area contributed by atoms with Crippen LogP contribution in [0.4, 0.5) is 4.39 Å². The summed E-state index contributed by atoms with van der Waals surface area (Å²) in [5.74, 6) is -0.300. The Labute approximate surface area is 111 Å². The molecule has 0 saturated carbocycles. The first-order chi connectivity index (χ1) is 8.91. The molecular weight excluding hydrogens is 249 g/mol. The second kappa shape index (κ2) is 6.43. The van der Waals surface area contributed by atoms with Crippen molar-refractivity contribution >= 4 is 11.8 Å². The highest BCUT2D eigenvalue weighted by Gasteiger charge is 2.30. The van der Waals surface area contributed by atoms with Crippen LogP contribution in [0.5, 0.6) is 5.75 Å². The maximum atomic E-state index is 12.9. The number of Topliss-reactive ketones (excluding diaryl/α,β-unsaturated/α-hetero) is 1. The van der Waals surface area contributed by atoms with E-state index >= 15 is 0 Å². The van der Waals surface area contributed by atoms with Gasteiger partial charge < -0.3 is 10.5 Å². The van der Waals surface area contributed by atoms with Gasteiger partial charge in [-0.25, -0.2) is 4.39 Å². The average molecular weight is 267 g/mol. The number of nitrogens with two attached hydrogens (primary N) is 1. The van der Waals surface area contributed by atoms with Crippen LogP contribution >= 0.6 is 0 Å². The smallest absolute Gasteiger partial charge is 0.310 e. The molecule has 1 atom stereocenters. The fourth-order valence-corrected chi connectivity index (χ4v) is 1.51. The van der Waals surface area contributed by atoms with Crippen molar-refractivity contribution in [3.05, 3.63) is 29.8 Å². The van der Waals surface area contributed by atoms with E-state index in [0.717, 1.165) is 0 Å². The monoisotopic (exact) mass is 267 g/mol. The van der Waals surface area contributed by atoms with Crippen LogP contribution in [-0.2, 0) is 16.0 Å². The largest absolute Gasteiger partial charge is 0.427 e. The zero-order valence-electron chi connectivity index (χ0n) is 11.1. The maximum Gasteiger partial charge on any atom is 0.310 e. The molecule has 104 valence electrons. The van der Waals surface area contributed by atoms with Crippen LogP contribution in [0.25, 0.3) is 0 Å². The van der Waals surface area contributed by atoms with Crippen LogP contribution < -0.4 is 10.5 Å². The Morgan fingerprint density at radius 2 is 1.89 bits per heavy atom. The molecule has 0 aliphatic heterocycles. The third kappa shape index (κ3) is 4.13. The van der Waals surface area contributed by atoms with Crippen molar-refractivity contribution in [2.24, 2.45) is 5.73 Å². The first-order valence-corrected chi connectivity index (χ1v) is 6.07. The molecule has 0 fully saturated rings. The quantitative estimate of drug-likeness (QED) is 0.630. The topological polar surface area (TPSA) is 69.4 Å². The van der Waals surface area contributed by atoms with Gasteiger partial charge in [-0.15, -0.1) is 0 Å². The number of hydrogen-bond donors (Lipinski definition) is 1. The Balaban J connectivity index is 2.77. The summed E-state index contributed by atoms with van der Waals surface area (Å²) in [5, 5.41) is 0. The Morgan fingerprint density at radius 3 is 2.32 bits per heavy atom. The van der Waals surface area contributed by atoms with Crippen molar-refractivity contribution in [3.8, 4) is 5.75 Å². The molecule has 1 aromatic carbocycles. The van der Waals surface area contributed by atoms with Gasteiger partial charge in [0.2, 0.25) is 0 Å². The summed E-state index contributed by atoms with van der Waals surface area (Å²) in [6.45, 7) is 2.07. The number of benzene rings is 1. The molecule has 19 heavy (non-hydrogen) atoms. The first kappa shape index (κ1) is 15.3. The Bertz CT molecular complexity index is 458. The Kier molecular flexibility index (Phi) is 5.18. The summed E-state index contributed by atoms with van der Waals surface area (Å²) in [6, 6.07) is 6.53. The van der Waals surface area contributed by atoms with Gasteiger partial charge in [0.25, 0.3) is 0 Å². The molecule has 0 unspecified atom stereocenters. The van der Waals surface area contributed by atoms with Crippen molar-refractivity contribution < 1.29 is 18.7 Å². The van der Waals surface area contributed by atoms with Crippen molar-refractivity contribution in [2.45, 2.75) is 32.2 Å². The highest BCUT2D eigenvalue weighted by Crippen LogP contribution is 2.17. The number of carbonyl (C=O) groups is 2. The Hall–Kier alpha value is -1.75. The lowest BCUT2D eigenvalue weighted by Crippen LogP contribution is -2.50. The normalized spacial score (nSPS) is 13.7. The second-order valence-electron chi connectivity index (χ2n) is 4.49. The minimum Gasteiger partial charge on any atom is -0.427 e. The number of ether oxygens (including phenoxy) is 1. The third-order valence-corrected chi connectivity index (χ3v) is 2.90. The summed E-state index contributed by atoms with van der Waals surface area (Å²) in [4.78, 5) is 22.4. The van der Waals surface area contributed by atoms with Crippen LogP contribution in [0.3, 0.4) is 0 Å². The van der Waals surface area contributed by atoms with E-state index in [2.05, 4.69) is 0 Å². The van der Waals surface area contributed by atoms with Gasteiger partial charge in [0, 0.05) is 12.8 Å². The summed E-state index contributed by atoms with van der Waals surface area (Å²) < 4.78 is 17.9. The van der Waals surface area contributed by atoms with Gasteiger partial charge in [0.1, 0.15) is 18.0 Å². The molecule has 0 bridgehead atoms. The van der Waals surface area contributed by atoms with Gasteiger partial charge in [-0.05, 0) is 24.6 Å². The van der Waals surface area contributed by atoms with Gasteiger partial charge in [0.05, 0.1) is 0 Å². The second-order valence-corrected chi connectivity index (χ2v) is 4.49. The van der Waals surface area contributed by atoms with Gasteiger partial charge in [-0.3, -0.25) is 9.59 Å². The summed E-state index contributed by atoms with van der Waals surface area (Å²) in [5.41, 5.74) is 4.93. The van der Waals surface area contributed by atoms with Gasteiger partial charge in [0.15, 0.2) is 5.78 Å². The summed E-state index contributed by atoms with van der Waals surface area (Å²) >= 11 is 0. The average Bonchev–Trinajstić information content (AvgIpc) is 2.40. The zero-order chi connectivity index (χ0) is 14.5. The SMILES string of the molecule is CCC(=O)Oc1ccc(C[C@](N)(CF)C(C)=O)cc1. The van der Waals surface area contributed by atoms with E-state index in [-0.39, 0.29) is 12.4 Å². The lowest BCUT2D eigenvalue weighted by Gasteiger charge is -2.22. The van der Waals surface area contributed by atoms with E-state index in [1.165, 1.54) is 6.92 Å². The van der Waals surface area contributed by atoms with E-state index in [1.807, 2.05) is 0 Å². The number of hydrogen-bond acceptors (Lipinski definition) is 4. The molecule has 1 rings (SSSR count). The van der Waals surface area contributed by atoms with Crippen molar-refractivity contribution in [1.82, 2.24) is 0 Å². The maximum absolute atomic E-state index is 12.9. The predicted octanol–water partition coefficient (Wildman–Crippen LogP) is 1.80. The van der Waals surface area contributed by atoms with E-state index in [0.29, 0.717) is 17.7 Å². The van der Waals surface area contributed by atoms with Crippen LogP contribution in [0.2, 0.25) is 0 Å². The molecule has 0 amide bonds. The summed E-state index contributed by atoms with van der Waals surface area (Å²) in [6.07, 6.45) is 0.403. The molecular formula is C14H18FNO3. The lowest BCUT2D eigenvalue weighted by atomic mass is 9.89. The van der Waals surface area contributed by atoms with Gasteiger partial charge in [-0.2, -0.15) is 0 Å². The van der Waals surface area contributed by atoms with Crippen molar-refractivity contribution in [1.29, 1.82) is 0 Å². The first-order valence-electron chi connectivity index (χ1n) is 6.07. The zero-order valence-corrected chi connectivity index (χ0v) is 11.1. The molecule has 5 heteroatoms. The third-order valence-electron chi connectivity index (χ3n) is 2.90. The van der Waals surface area contributed by atoms with Gasteiger partial charge >= 0.3 is 5.97 Å². The van der Waals surface area contributed by atoms with E-state index in [1.54, 1.807) is 31.2 Å². The molecule has 0 saturated heterocycles. The fraction of sp³-hybridized carbons (Fsp3) is 0.429. The molecule has 0 radical (unpaired) electrons. The van der Waals surface area contributed by atoms with E-state index < -0.39 is 18.0 Å². The van der Waals surface area contributed by atoms with Crippen LogP contribution in [0, 0.1) is 0 Å². The number of rotatable bonds is 6. The Morgan fingerprint density at radius 1 is 1.32 bits per heavy atom. The van der Waals surface area contributed by atoms with Crippen molar-refractivity contribution in [3.63, 3.8) is 0 Å². The van der Waals surface area contributed by atoms with Crippen molar-refractivity contribution in [2.75, 3.05) is 6.67 Å². The molecule has 0 aliphatic carbocycles. The minimum atomic E-state index is -1.48. The fourth-order valence-electron chi connectivity index (χ4n) is 1.51. The minimum absolute atomic E-state index is 0.112. The standard InChI is InChI=1S/C14H18FNO3/c1-3-13(18)19-12-6-4-11(5-7-12)8-14(16,9-15)10(2)17/h4-7H,3,8-9,16H2,1-2H3/t14-/m0/s1. The van der Waals surface area contributed by atoms with Gasteiger partial charge in [-0.1, -0.05) is 19.1 Å². The van der Waals surface area contributed by atoms with Crippen LogP contribution in [0.15, 0.2) is 24.3 Å². The number of ketones is 1. The lowest BCUT2D eigenvalue weighted by molar-refractivity contribution is -0.134. The van der Waals surface area contributed by atoms with E-state index in [9.17, 15) is 14.0 Å². The molecule has 4 nitrogen and oxygen atoms in total. The number of halogens is 1. The molecule has 0 aliphatic rings. The number of alkyl halides is 1. The predicted molar refractivity (Wildman–Crippen MR) is 69.6 cm³/mol. The number of carbonyl (C=O) groups excluding carboxylic acids is 2. The molecule has 2 N–H and O–H groups in total. The number of esters is 1. The molecule has 0 aromatic heterocycles. The summed E-state index contributed by atoms with van der Waals surface area (Å²) in [7, 11) is 0.